The van der Waals surface area contributed by atoms with Crippen LogP contribution in [0.3, 0.4) is 0 Å². The Morgan fingerprint density at radius 3 is 2.00 bits per heavy atom. The first kappa shape index (κ1) is 26.9. The molecule has 0 aliphatic heterocycles. The van der Waals surface area contributed by atoms with Crippen molar-refractivity contribution in [2.75, 3.05) is 6.54 Å². The summed E-state index contributed by atoms with van der Waals surface area (Å²) >= 11 is 0. The zero-order valence-electron chi connectivity index (χ0n) is 18.4. The first-order valence-electron chi connectivity index (χ1n) is 10.2. The summed E-state index contributed by atoms with van der Waals surface area (Å²) in [6.45, 7) is 4.41. The molecule has 4 atom stereocenters. The number of hydrogen-bond donors (Lipinski definition) is 7. The molecule has 0 aliphatic carbocycles. The Morgan fingerprint density at radius 2 is 1.50 bits per heavy atom. The summed E-state index contributed by atoms with van der Waals surface area (Å²) in [4.78, 5) is 48.5. The van der Waals surface area contributed by atoms with Crippen molar-refractivity contribution in [1.82, 2.24) is 16.0 Å². The quantitative estimate of drug-likeness (QED) is 0.207. The summed E-state index contributed by atoms with van der Waals surface area (Å²) in [5.41, 5.74) is 6.27. The van der Waals surface area contributed by atoms with Gasteiger partial charge in [0.25, 0.3) is 0 Å². The minimum absolute atomic E-state index is 0.00433. The number of nitrogens with one attached hydrogen (secondary N) is 3. The number of benzene rings is 1. The minimum Gasteiger partial charge on any atom is -0.508 e. The zero-order valence-corrected chi connectivity index (χ0v) is 18.4. The fraction of sp³-hybridized carbons (Fsp3) is 0.524. The van der Waals surface area contributed by atoms with Crippen LogP contribution in [0.5, 0.6) is 5.75 Å². The van der Waals surface area contributed by atoms with E-state index in [1.165, 1.54) is 19.1 Å². The number of rotatable bonds is 12. The van der Waals surface area contributed by atoms with Gasteiger partial charge in [-0.05, 0) is 37.0 Å². The maximum absolute atomic E-state index is 13.0. The number of hydrogen-bond acceptors (Lipinski definition) is 7. The van der Waals surface area contributed by atoms with Crippen LogP contribution < -0.4 is 21.7 Å². The van der Waals surface area contributed by atoms with Gasteiger partial charge in [-0.3, -0.25) is 19.2 Å². The molecule has 1 aromatic rings. The van der Waals surface area contributed by atoms with E-state index in [0.29, 0.717) is 5.56 Å². The Labute approximate surface area is 186 Å². The first-order chi connectivity index (χ1) is 14.9. The van der Waals surface area contributed by atoms with Gasteiger partial charge in [0.2, 0.25) is 17.7 Å². The van der Waals surface area contributed by atoms with Gasteiger partial charge in [-0.15, -0.1) is 0 Å². The number of aliphatic hydroxyl groups excluding tert-OH is 1. The number of carboxylic acid groups (broad SMARTS) is 1. The molecule has 0 fully saturated rings. The van der Waals surface area contributed by atoms with Crippen LogP contribution in [0.4, 0.5) is 0 Å². The fourth-order valence-corrected chi connectivity index (χ4v) is 2.83. The molecule has 11 nitrogen and oxygen atoms in total. The van der Waals surface area contributed by atoms with Crippen LogP contribution >= 0.6 is 0 Å². The summed E-state index contributed by atoms with van der Waals surface area (Å²) in [5.74, 6) is -3.29. The topological polar surface area (TPSA) is 191 Å². The Bertz CT molecular complexity index is 796. The number of aromatic hydroxyl groups is 1. The van der Waals surface area contributed by atoms with E-state index in [1.54, 1.807) is 12.1 Å². The van der Waals surface area contributed by atoms with Crippen molar-refractivity contribution in [2.24, 2.45) is 11.7 Å². The second kappa shape index (κ2) is 12.6. The van der Waals surface area contributed by atoms with Crippen LogP contribution in [0.25, 0.3) is 0 Å². The van der Waals surface area contributed by atoms with Gasteiger partial charge in [0, 0.05) is 6.42 Å². The van der Waals surface area contributed by atoms with Gasteiger partial charge in [-0.1, -0.05) is 26.0 Å². The minimum atomic E-state index is -1.27. The lowest BCUT2D eigenvalue weighted by molar-refractivity contribution is -0.138. The van der Waals surface area contributed by atoms with E-state index in [1.807, 2.05) is 13.8 Å². The molecule has 11 heteroatoms. The molecule has 0 heterocycles. The maximum atomic E-state index is 13.0. The Hall–Kier alpha value is -3.18. The SMILES string of the molecule is CC(C)C[C@H](NC(=O)[C@H](Cc1ccc(O)cc1)NC(=O)[C@@H](N)[C@@H](C)O)C(=O)NCC(=O)O. The largest absolute Gasteiger partial charge is 0.508 e. The summed E-state index contributed by atoms with van der Waals surface area (Å²) in [6, 6.07) is 2.56. The highest BCUT2D eigenvalue weighted by molar-refractivity contribution is 5.94. The van der Waals surface area contributed by atoms with E-state index in [2.05, 4.69) is 16.0 Å². The van der Waals surface area contributed by atoms with Gasteiger partial charge in [0.15, 0.2) is 0 Å². The summed E-state index contributed by atoms with van der Waals surface area (Å²) in [5, 5.41) is 35.1. The molecule has 0 unspecified atom stereocenters. The van der Waals surface area contributed by atoms with E-state index >= 15 is 0 Å². The molecule has 178 valence electrons. The summed E-state index contributed by atoms with van der Waals surface area (Å²) in [6.07, 6.45) is -0.886. The lowest BCUT2D eigenvalue weighted by Crippen LogP contribution is -2.58. The van der Waals surface area contributed by atoms with E-state index in [9.17, 15) is 29.4 Å². The third-order valence-electron chi connectivity index (χ3n) is 4.59. The highest BCUT2D eigenvalue weighted by Crippen LogP contribution is 2.12. The van der Waals surface area contributed by atoms with Gasteiger partial charge in [0.1, 0.15) is 30.4 Å². The Kier molecular flexibility index (Phi) is 10.6. The van der Waals surface area contributed by atoms with Crippen LogP contribution in [0, 0.1) is 5.92 Å². The lowest BCUT2D eigenvalue weighted by atomic mass is 10.0. The Balaban J connectivity index is 3.05. The van der Waals surface area contributed by atoms with Gasteiger partial charge >= 0.3 is 5.97 Å². The van der Waals surface area contributed by atoms with Gasteiger partial charge in [0.05, 0.1) is 6.10 Å². The molecule has 0 saturated heterocycles. The number of phenols is 1. The molecule has 0 radical (unpaired) electrons. The third-order valence-corrected chi connectivity index (χ3v) is 4.59. The average Bonchev–Trinajstić information content (AvgIpc) is 2.71. The highest BCUT2D eigenvalue weighted by Gasteiger charge is 2.30. The molecular formula is C21H32N4O7. The molecule has 0 saturated carbocycles. The van der Waals surface area contributed by atoms with Crippen molar-refractivity contribution in [2.45, 2.75) is 57.8 Å². The van der Waals surface area contributed by atoms with E-state index in [0.717, 1.165) is 0 Å². The molecule has 0 bridgehead atoms. The zero-order chi connectivity index (χ0) is 24.4. The maximum Gasteiger partial charge on any atom is 0.322 e. The number of amides is 3. The smallest absolute Gasteiger partial charge is 0.322 e. The van der Waals surface area contributed by atoms with Crippen LogP contribution in [-0.4, -0.2) is 69.8 Å². The van der Waals surface area contributed by atoms with Crippen molar-refractivity contribution in [3.05, 3.63) is 29.8 Å². The van der Waals surface area contributed by atoms with Crippen molar-refractivity contribution < 1.29 is 34.5 Å². The summed E-state index contributed by atoms with van der Waals surface area (Å²) in [7, 11) is 0. The van der Waals surface area contributed by atoms with Crippen molar-refractivity contribution >= 4 is 23.7 Å². The highest BCUT2D eigenvalue weighted by atomic mass is 16.4. The van der Waals surface area contributed by atoms with Crippen LogP contribution in [0.1, 0.15) is 32.8 Å². The average molecular weight is 453 g/mol. The van der Waals surface area contributed by atoms with Gasteiger partial charge < -0.3 is 37.0 Å². The number of aliphatic carboxylic acids is 1. The molecule has 0 aromatic heterocycles. The first-order valence-corrected chi connectivity index (χ1v) is 10.2. The normalized spacial score (nSPS) is 14.7. The molecule has 8 N–H and O–H groups in total. The molecule has 0 spiro atoms. The van der Waals surface area contributed by atoms with Gasteiger partial charge in [-0.2, -0.15) is 0 Å². The van der Waals surface area contributed by atoms with Crippen molar-refractivity contribution in [1.29, 1.82) is 0 Å². The summed E-state index contributed by atoms with van der Waals surface area (Å²) < 4.78 is 0. The van der Waals surface area contributed by atoms with E-state index in [4.69, 9.17) is 10.8 Å². The lowest BCUT2D eigenvalue weighted by Gasteiger charge is -2.25. The fourth-order valence-electron chi connectivity index (χ4n) is 2.83. The number of aliphatic hydroxyl groups is 1. The van der Waals surface area contributed by atoms with Crippen LogP contribution in [0.15, 0.2) is 24.3 Å². The number of carbonyl (C=O) groups excluding carboxylic acids is 3. The molecule has 1 aromatic carbocycles. The molecule has 0 aliphatic rings. The number of carbonyl (C=O) groups is 4. The van der Waals surface area contributed by atoms with E-state index in [-0.39, 0.29) is 24.5 Å². The molecule has 32 heavy (non-hydrogen) atoms. The standard InChI is InChI=1S/C21H32N4O7/c1-11(2)8-15(19(30)23-10-17(28)29)24-20(31)16(25-21(32)18(22)12(3)26)9-13-4-6-14(27)7-5-13/h4-7,11-12,15-16,18,26-27H,8-10,22H2,1-3H3,(H,23,30)(H,24,31)(H,25,32)(H,28,29)/t12-,15+,16+,18+/m1/s1. The number of carboxylic acids is 1. The van der Waals surface area contributed by atoms with Crippen molar-refractivity contribution in [3.8, 4) is 5.75 Å². The Morgan fingerprint density at radius 1 is 0.938 bits per heavy atom. The molecule has 1 rings (SSSR count). The van der Waals surface area contributed by atoms with Crippen LogP contribution in [0.2, 0.25) is 0 Å². The predicted octanol–water partition coefficient (Wildman–Crippen LogP) is -1.14. The number of phenolic OH excluding ortho intramolecular Hbond substituents is 1. The second-order valence-electron chi connectivity index (χ2n) is 8.00. The predicted molar refractivity (Wildman–Crippen MR) is 115 cm³/mol. The van der Waals surface area contributed by atoms with Crippen LogP contribution in [-0.2, 0) is 25.6 Å². The van der Waals surface area contributed by atoms with E-state index < -0.39 is 54.5 Å². The monoisotopic (exact) mass is 452 g/mol. The third kappa shape index (κ3) is 9.31. The molecular weight excluding hydrogens is 420 g/mol. The van der Waals surface area contributed by atoms with Crippen molar-refractivity contribution in [3.63, 3.8) is 0 Å². The second-order valence-corrected chi connectivity index (χ2v) is 8.00. The molecule has 3 amide bonds. The van der Waals surface area contributed by atoms with Gasteiger partial charge in [-0.25, -0.2) is 0 Å². The number of nitrogens with two attached hydrogens (primary N) is 1.